The van der Waals surface area contributed by atoms with Crippen molar-refractivity contribution in [3.8, 4) is 17.7 Å². The van der Waals surface area contributed by atoms with Gasteiger partial charge in [-0.2, -0.15) is 5.26 Å². The SMILES string of the molecule is Cn1c(Oc2ccc(NC3CCCCC3)cc2)c(C#N)c(=O)n(C)c1=O. The maximum atomic E-state index is 12.1. The number of aromatic nitrogens is 2. The van der Waals surface area contributed by atoms with Crippen LogP contribution in [0.5, 0.6) is 11.6 Å². The minimum atomic E-state index is -0.666. The molecule has 1 N–H and O–H groups in total. The molecule has 7 heteroatoms. The molecule has 2 aromatic rings. The van der Waals surface area contributed by atoms with Gasteiger partial charge in [-0.05, 0) is 37.1 Å². The third kappa shape index (κ3) is 3.49. The highest BCUT2D eigenvalue weighted by Crippen LogP contribution is 2.25. The summed E-state index contributed by atoms with van der Waals surface area (Å²) < 4.78 is 7.74. The maximum absolute atomic E-state index is 12.1. The number of nitriles is 1. The van der Waals surface area contributed by atoms with Gasteiger partial charge in [0.05, 0.1) is 0 Å². The van der Waals surface area contributed by atoms with Gasteiger partial charge in [-0.1, -0.05) is 19.3 Å². The topological polar surface area (TPSA) is 89.0 Å². The van der Waals surface area contributed by atoms with Crippen molar-refractivity contribution < 1.29 is 4.74 Å². The molecule has 0 atom stereocenters. The summed E-state index contributed by atoms with van der Waals surface area (Å²) in [6.07, 6.45) is 6.18. The summed E-state index contributed by atoms with van der Waals surface area (Å²) in [5.41, 5.74) is -0.401. The minimum absolute atomic E-state index is 0.0476. The maximum Gasteiger partial charge on any atom is 0.333 e. The number of anilines is 1. The van der Waals surface area contributed by atoms with E-state index in [9.17, 15) is 14.9 Å². The van der Waals surface area contributed by atoms with E-state index in [2.05, 4.69) is 5.32 Å². The molecule has 0 radical (unpaired) electrons. The molecule has 0 amide bonds. The molecule has 1 heterocycles. The standard InChI is InChI=1S/C19H22N4O3/c1-22-17(24)16(12-20)18(23(2)19(22)25)26-15-10-8-14(9-11-15)21-13-6-4-3-5-7-13/h8-11,13,21H,3-7H2,1-2H3. The van der Waals surface area contributed by atoms with Gasteiger partial charge in [0.1, 0.15) is 11.8 Å². The van der Waals surface area contributed by atoms with Crippen molar-refractivity contribution in [3.05, 3.63) is 50.7 Å². The Balaban J connectivity index is 1.83. The molecule has 26 heavy (non-hydrogen) atoms. The Labute approximate surface area is 151 Å². The van der Waals surface area contributed by atoms with Crippen LogP contribution in [0.2, 0.25) is 0 Å². The summed E-state index contributed by atoms with van der Waals surface area (Å²) in [5, 5.41) is 12.8. The third-order valence-corrected chi connectivity index (χ3v) is 4.77. The van der Waals surface area contributed by atoms with Crippen LogP contribution < -0.4 is 21.3 Å². The van der Waals surface area contributed by atoms with E-state index in [4.69, 9.17) is 4.74 Å². The minimum Gasteiger partial charge on any atom is -0.439 e. The molecule has 1 aromatic heterocycles. The molecule has 136 valence electrons. The van der Waals surface area contributed by atoms with E-state index in [1.54, 1.807) is 12.1 Å². The van der Waals surface area contributed by atoms with Crippen molar-refractivity contribution in [2.45, 2.75) is 38.1 Å². The van der Waals surface area contributed by atoms with Gasteiger partial charge in [0.15, 0.2) is 5.56 Å². The number of hydrogen-bond acceptors (Lipinski definition) is 5. The first-order valence-corrected chi connectivity index (χ1v) is 8.76. The van der Waals surface area contributed by atoms with Crippen LogP contribution in [0, 0.1) is 11.3 Å². The Kier molecular flexibility index (Phi) is 5.12. The monoisotopic (exact) mass is 354 g/mol. The molecule has 0 aliphatic heterocycles. The van der Waals surface area contributed by atoms with Crippen LogP contribution in [-0.2, 0) is 14.1 Å². The van der Waals surface area contributed by atoms with Gasteiger partial charge in [0.25, 0.3) is 5.56 Å². The van der Waals surface area contributed by atoms with Crippen molar-refractivity contribution >= 4 is 5.69 Å². The van der Waals surface area contributed by atoms with Crippen LogP contribution in [0.3, 0.4) is 0 Å². The summed E-state index contributed by atoms with van der Waals surface area (Å²) >= 11 is 0. The molecule has 1 fully saturated rings. The van der Waals surface area contributed by atoms with Gasteiger partial charge in [-0.3, -0.25) is 13.9 Å². The van der Waals surface area contributed by atoms with Crippen molar-refractivity contribution in [3.63, 3.8) is 0 Å². The van der Waals surface area contributed by atoms with E-state index in [0.29, 0.717) is 11.8 Å². The number of benzene rings is 1. The molecular formula is C19H22N4O3. The Bertz CT molecular complexity index is 945. The van der Waals surface area contributed by atoms with E-state index in [0.717, 1.165) is 14.8 Å². The van der Waals surface area contributed by atoms with Gasteiger partial charge >= 0.3 is 5.69 Å². The van der Waals surface area contributed by atoms with E-state index in [1.807, 2.05) is 18.2 Å². The zero-order chi connectivity index (χ0) is 18.7. The molecule has 3 rings (SSSR count). The van der Waals surface area contributed by atoms with Crippen LogP contribution >= 0.6 is 0 Å². The normalized spacial score (nSPS) is 14.7. The van der Waals surface area contributed by atoms with Crippen LogP contribution in [0.4, 0.5) is 5.69 Å². The molecule has 1 aliphatic rings. The highest BCUT2D eigenvalue weighted by molar-refractivity contribution is 5.48. The summed E-state index contributed by atoms with van der Waals surface area (Å²) in [6, 6.07) is 9.64. The quantitative estimate of drug-likeness (QED) is 0.911. The molecule has 1 saturated carbocycles. The third-order valence-electron chi connectivity index (χ3n) is 4.77. The van der Waals surface area contributed by atoms with Crippen molar-refractivity contribution in [1.82, 2.24) is 9.13 Å². The zero-order valence-electron chi connectivity index (χ0n) is 15.0. The predicted molar refractivity (Wildman–Crippen MR) is 98.7 cm³/mol. The molecule has 0 saturated heterocycles. The lowest BCUT2D eigenvalue weighted by molar-refractivity contribution is 0.421. The summed E-state index contributed by atoms with van der Waals surface area (Å²) in [4.78, 5) is 24.2. The summed E-state index contributed by atoms with van der Waals surface area (Å²) in [6.45, 7) is 0. The Morgan fingerprint density at radius 2 is 1.73 bits per heavy atom. The van der Waals surface area contributed by atoms with Gasteiger partial charge in [0.2, 0.25) is 5.88 Å². The smallest absolute Gasteiger partial charge is 0.333 e. The van der Waals surface area contributed by atoms with Crippen LogP contribution in [-0.4, -0.2) is 15.2 Å². The predicted octanol–water partition coefficient (Wildman–Crippen LogP) is 2.49. The number of rotatable bonds is 4. The van der Waals surface area contributed by atoms with Gasteiger partial charge < -0.3 is 10.1 Å². The summed E-state index contributed by atoms with van der Waals surface area (Å²) in [7, 11) is 2.80. The first-order valence-electron chi connectivity index (χ1n) is 8.76. The Hall–Kier alpha value is -3.01. The Morgan fingerprint density at radius 3 is 2.35 bits per heavy atom. The van der Waals surface area contributed by atoms with E-state index >= 15 is 0 Å². The van der Waals surface area contributed by atoms with Crippen LogP contribution in [0.25, 0.3) is 0 Å². The lowest BCUT2D eigenvalue weighted by Crippen LogP contribution is -2.38. The second-order valence-corrected chi connectivity index (χ2v) is 6.60. The van der Waals surface area contributed by atoms with Crippen LogP contribution in [0.1, 0.15) is 37.7 Å². The van der Waals surface area contributed by atoms with Crippen molar-refractivity contribution in [2.75, 3.05) is 5.32 Å². The highest BCUT2D eigenvalue weighted by atomic mass is 16.5. The molecular weight excluding hydrogens is 332 g/mol. The zero-order valence-corrected chi connectivity index (χ0v) is 15.0. The fraction of sp³-hybridized carbons (Fsp3) is 0.421. The molecule has 1 aromatic carbocycles. The van der Waals surface area contributed by atoms with Gasteiger partial charge in [0, 0.05) is 25.8 Å². The van der Waals surface area contributed by atoms with Crippen molar-refractivity contribution in [1.29, 1.82) is 5.26 Å². The van der Waals surface area contributed by atoms with Gasteiger partial charge in [-0.25, -0.2) is 4.79 Å². The Morgan fingerprint density at radius 1 is 1.08 bits per heavy atom. The second kappa shape index (κ2) is 7.48. The number of nitrogens with one attached hydrogen (secondary N) is 1. The molecule has 0 unspecified atom stereocenters. The number of ether oxygens (including phenoxy) is 1. The first kappa shape index (κ1) is 17.8. The molecule has 0 bridgehead atoms. The molecule has 1 aliphatic carbocycles. The van der Waals surface area contributed by atoms with Crippen molar-refractivity contribution in [2.24, 2.45) is 14.1 Å². The second-order valence-electron chi connectivity index (χ2n) is 6.60. The molecule has 0 spiro atoms. The van der Waals surface area contributed by atoms with Crippen LogP contribution in [0.15, 0.2) is 33.9 Å². The number of hydrogen-bond donors (Lipinski definition) is 1. The lowest BCUT2D eigenvalue weighted by atomic mass is 9.95. The highest BCUT2D eigenvalue weighted by Gasteiger charge is 2.18. The number of nitrogens with zero attached hydrogens (tertiary/aromatic N) is 3. The average molecular weight is 354 g/mol. The summed E-state index contributed by atoms with van der Waals surface area (Å²) in [5.74, 6) is 0.410. The van der Waals surface area contributed by atoms with Gasteiger partial charge in [-0.15, -0.1) is 0 Å². The first-order chi connectivity index (χ1) is 12.5. The van der Waals surface area contributed by atoms with E-state index in [1.165, 1.54) is 46.2 Å². The molecule has 7 nitrogen and oxygen atoms in total. The van der Waals surface area contributed by atoms with E-state index in [-0.39, 0.29) is 11.4 Å². The fourth-order valence-corrected chi connectivity index (χ4v) is 3.25. The van der Waals surface area contributed by atoms with E-state index < -0.39 is 11.2 Å². The fourth-order valence-electron chi connectivity index (χ4n) is 3.25. The average Bonchev–Trinajstić information content (AvgIpc) is 2.67. The largest absolute Gasteiger partial charge is 0.439 e. The lowest BCUT2D eigenvalue weighted by Gasteiger charge is -2.23.